The van der Waals surface area contributed by atoms with Gasteiger partial charge in [-0.05, 0) is 30.0 Å². The highest BCUT2D eigenvalue weighted by Gasteiger charge is 2.27. The van der Waals surface area contributed by atoms with Crippen LogP contribution in [0.2, 0.25) is 5.15 Å². The average molecular weight is 333 g/mol. The molecule has 0 saturated heterocycles. The summed E-state index contributed by atoms with van der Waals surface area (Å²) < 4.78 is 26.8. The van der Waals surface area contributed by atoms with Gasteiger partial charge in [-0.2, -0.15) is 0 Å². The van der Waals surface area contributed by atoms with Crippen LogP contribution in [0.5, 0.6) is 0 Å². The van der Waals surface area contributed by atoms with Gasteiger partial charge in [0.15, 0.2) is 0 Å². The maximum Gasteiger partial charge on any atom is 0.347 e. The fourth-order valence-electron chi connectivity index (χ4n) is 1.57. The summed E-state index contributed by atoms with van der Waals surface area (Å²) in [6, 6.07) is 4.45. The summed E-state index contributed by atoms with van der Waals surface area (Å²) in [7, 11) is -4.03. The normalized spacial score (nSPS) is 11.3. The van der Waals surface area contributed by atoms with Crippen molar-refractivity contribution in [1.82, 2.24) is 4.98 Å². The molecule has 2 aromatic rings. The monoisotopic (exact) mass is 332 g/mol. The first kappa shape index (κ1) is 14.8. The zero-order valence-electron chi connectivity index (χ0n) is 10.1. The molecule has 2 N–H and O–H groups in total. The summed E-state index contributed by atoms with van der Waals surface area (Å²) in [6.45, 7) is 1.53. The van der Waals surface area contributed by atoms with E-state index >= 15 is 0 Å². The summed E-state index contributed by atoms with van der Waals surface area (Å²) in [6.07, 6.45) is 0. The lowest BCUT2D eigenvalue weighted by atomic mass is 10.3. The Hall–Kier alpha value is -1.64. The molecule has 0 aliphatic rings. The first-order valence-corrected chi connectivity index (χ1v) is 8.02. The molecule has 2 rings (SSSR count). The third kappa shape index (κ3) is 2.92. The Morgan fingerprint density at radius 1 is 1.45 bits per heavy atom. The van der Waals surface area contributed by atoms with Crippen molar-refractivity contribution in [1.29, 1.82) is 0 Å². The number of nitrogens with zero attached hydrogens (tertiary/aromatic N) is 1. The third-order valence-corrected chi connectivity index (χ3v) is 5.30. The molecule has 2 heterocycles. The van der Waals surface area contributed by atoms with E-state index in [1.165, 1.54) is 30.5 Å². The van der Waals surface area contributed by atoms with Crippen molar-refractivity contribution in [3.05, 3.63) is 39.2 Å². The fourth-order valence-corrected chi connectivity index (χ4v) is 4.37. The second-order valence-corrected chi connectivity index (χ2v) is 6.72. The van der Waals surface area contributed by atoms with Gasteiger partial charge in [0, 0.05) is 0 Å². The molecule has 0 radical (unpaired) electrons. The number of carboxylic acids is 1. The van der Waals surface area contributed by atoms with E-state index in [4.69, 9.17) is 16.7 Å². The predicted octanol–water partition coefficient (Wildman–Crippen LogP) is 2.60. The number of carbonyl (C=O) groups is 1. The summed E-state index contributed by atoms with van der Waals surface area (Å²) in [5.41, 5.74) is 0.363. The smallest absolute Gasteiger partial charge is 0.347 e. The Morgan fingerprint density at radius 2 is 2.15 bits per heavy atom. The van der Waals surface area contributed by atoms with Gasteiger partial charge in [-0.25, -0.2) is 18.2 Å². The predicted molar refractivity (Wildman–Crippen MR) is 76.1 cm³/mol. The van der Waals surface area contributed by atoms with Crippen LogP contribution in [0.25, 0.3) is 0 Å². The number of hydrogen-bond donors (Lipinski definition) is 2. The largest absolute Gasteiger partial charge is 0.477 e. The van der Waals surface area contributed by atoms with Gasteiger partial charge in [0.1, 0.15) is 20.7 Å². The van der Waals surface area contributed by atoms with Crippen molar-refractivity contribution >= 4 is 44.7 Å². The van der Waals surface area contributed by atoms with Gasteiger partial charge in [-0.3, -0.25) is 4.72 Å². The molecule has 0 saturated carbocycles. The molecular formula is C11H9ClN2O4S2. The molecule has 0 fully saturated rings. The Labute approximate surface area is 124 Å². The molecule has 0 aliphatic heterocycles. The van der Waals surface area contributed by atoms with E-state index in [1.54, 1.807) is 0 Å². The number of pyridine rings is 1. The van der Waals surface area contributed by atoms with Crippen molar-refractivity contribution in [2.24, 2.45) is 0 Å². The number of rotatable bonds is 4. The SMILES string of the molecule is Cc1csc(C(=O)O)c1S(=O)(=O)Nc1cccc(Cl)n1. The molecule has 106 valence electrons. The van der Waals surface area contributed by atoms with Crippen LogP contribution in [0.1, 0.15) is 15.2 Å². The molecule has 9 heteroatoms. The molecule has 20 heavy (non-hydrogen) atoms. The van der Waals surface area contributed by atoms with Gasteiger partial charge < -0.3 is 5.11 Å². The summed E-state index contributed by atoms with van der Waals surface area (Å²) in [5, 5.41) is 10.6. The molecule has 6 nitrogen and oxygen atoms in total. The zero-order valence-corrected chi connectivity index (χ0v) is 12.5. The number of aryl methyl sites for hydroxylation is 1. The second-order valence-electron chi connectivity index (χ2n) is 3.83. The van der Waals surface area contributed by atoms with E-state index in [0.717, 1.165) is 11.3 Å². The highest BCUT2D eigenvalue weighted by atomic mass is 35.5. The van der Waals surface area contributed by atoms with Gasteiger partial charge in [0.25, 0.3) is 10.0 Å². The van der Waals surface area contributed by atoms with Crippen molar-refractivity contribution in [2.75, 3.05) is 4.72 Å². The Kier molecular flexibility index (Phi) is 3.98. The van der Waals surface area contributed by atoms with Crippen LogP contribution in [0.4, 0.5) is 5.82 Å². The quantitative estimate of drug-likeness (QED) is 0.839. The van der Waals surface area contributed by atoms with E-state index < -0.39 is 16.0 Å². The van der Waals surface area contributed by atoms with E-state index in [9.17, 15) is 13.2 Å². The Morgan fingerprint density at radius 3 is 2.75 bits per heavy atom. The van der Waals surface area contributed by atoms with Crippen LogP contribution in [0.3, 0.4) is 0 Å². The van der Waals surface area contributed by atoms with Crippen molar-refractivity contribution in [3.63, 3.8) is 0 Å². The highest BCUT2D eigenvalue weighted by Crippen LogP contribution is 2.28. The van der Waals surface area contributed by atoms with Crippen LogP contribution >= 0.6 is 22.9 Å². The highest BCUT2D eigenvalue weighted by molar-refractivity contribution is 7.93. The fraction of sp³-hybridized carbons (Fsp3) is 0.0909. The molecule has 0 amide bonds. The third-order valence-electron chi connectivity index (χ3n) is 2.33. The van der Waals surface area contributed by atoms with E-state index in [0.29, 0.717) is 5.56 Å². The van der Waals surface area contributed by atoms with Gasteiger partial charge in [-0.15, -0.1) is 11.3 Å². The van der Waals surface area contributed by atoms with E-state index in [-0.39, 0.29) is 20.7 Å². The lowest BCUT2D eigenvalue weighted by Crippen LogP contribution is -2.17. The van der Waals surface area contributed by atoms with Crippen molar-refractivity contribution < 1.29 is 18.3 Å². The number of halogens is 1. The minimum Gasteiger partial charge on any atom is -0.477 e. The summed E-state index contributed by atoms with van der Waals surface area (Å²) in [4.78, 5) is 14.4. The molecule has 0 aliphatic carbocycles. The van der Waals surface area contributed by atoms with Crippen LogP contribution in [0, 0.1) is 6.92 Å². The molecular weight excluding hydrogens is 324 g/mol. The number of aromatic nitrogens is 1. The number of aromatic carboxylic acids is 1. The Balaban J connectivity index is 2.46. The first-order chi connectivity index (χ1) is 9.31. The lowest BCUT2D eigenvalue weighted by Gasteiger charge is -2.08. The van der Waals surface area contributed by atoms with Gasteiger partial charge in [0.2, 0.25) is 0 Å². The number of hydrogen-bond acceptors (Lipinski definition) is 5. The number of carboxylic acid groups (broad SMARTS) is 1. The molecule has 2 aromatic heterocycles. The van der Waals surface area contributed by atoms with Crippen molar-refractivity contribution in [3.8, 4) is 0 Å². The van der Waals surface area contributed by atoms with E-state index in [2.05, 4.69) is 9.71 Å². The summed E-state index contributed by atoms with van der Waals surface area (Å²) >= 11 is 6.53. The van der Waals surface area contributed by atoms with Crippen LogP contribution < -0.4 is 4.72 Å². The summed E-state index contributed by atoms with van der Waals surface area (Å²) in [5.74, 6) is -1.26. The first-order valence-electron chi connectivity index (χ1n) is 5.28. The molecule has 0 bridgehead atoms. The van der Waals surface area contributed by atoms with Crippen LogP contribution in [0.15, 0.2) is 28.5 Å². The molecule has 0 atom stereocenters. The maximum absolute atomic E-state index is 12.3. The average Bonchev–Trinajstić information content (AvgIpc) is 2.71. The van der Waals surface area contributed by atoms with Crippen LogP contribution in [-0.4, -0.2) is 24.5 Å². The Bertz CT molecular complexity index is 770. The van der Waals surface area contributed by atoms with E-state index in [1.807, 2.05) is 0 Å². The zero-order chi connectivity index (χ0) is 14.9. The number of nitrogens with one attached hydrogen (secondary N) is 1. The molecule has 0 unspecified atom stereocenters. The topological polar surface area (TPSA) is 96.4 Å². The number of thiophene rings is 1. The van der Waals surface area contributed by atoms with Crippen molar-refractivity contribution in [2.45, 2.75) is 11.8 Å². The minimum absolute atomic E-state index is 0.0273. The maximum atomic E-state index is 12.3. The molecule has 0 spiro atoms. The standard InChI is InChI=1S/C11H9ClN2O4S2/c1-6-5-19-9(11(15)16)10(6)20(17,18)14-8-4-2-3-7(12)13-8/h2-5H,1H3,(H,13,14)(H,15,16). The van der Waals surface area contributed by atoms with Crippen LogP contribution in [-0.2, 0) is 10.0 Å². The minimum atomic E-state index is -4.03. The van der Waals surface area contributed by atoms with Gasteiger partial charge in [0.05, 0.1) is 0 Å². The second kappa shape index (κ2) is 5.39. The van der Waals surface area contributed by atoms with Gasteiger partial charge >= 0.3 is 5.97 Å². The van der Waals surface area contributed by atoms with Gasteiger partial charge in [-0.1, -0.05) is 17.7 Å². The number of sulfonamides is 1. The molecule has 0 aromatic carbocycles. The number of anilines is 1. The lowest BCUT2D eigenvalue weighted by molar-refractivity contribution is 0.0698.